The summed E-state index contributed by atoms with van der Waals surface area (Å²) in [7, 11) is 0. The summed E-state index contributed by atoms with van der Waals surface area (Å²) in [4.78, 5) is 44.3. The Labute approximate surface area is 146 Å². The van der Waals surface area contributed by atoms with Gasteiger partial charge < -0.3 is 25.8 Å². The van der Waals surface area contributed by atoms with Crippen molar-refractivity contribution in [1.29, 1.82) is 0 Å². The zero-order valence-corrected chi connectivity index (χ0v) is 14.7. The molecule has 0 aromatic carbocycles. The number of nitrogens with zero attached hydrogens (tertiary/aromatic N) is 2. The molecule has 4 N–H and O–H groups in total. The topological polar surface area (TPSA) is 119 Å². The third-order valence-electron chi connectivity index (χ3n) is 4.13. The number of aromatic nitrogens is 2. The molecular weight excluding hydrogens is 324 g/mol. The Morgan fingerprint density at radius 1 is 1.36 bits per heavy atom. The minimum atomic E-state index is -0.653. The van der Waals surface area contributed by atoms with E-state index in [9.17, 15) is 14.4 Å². The molecule has 9 heteroatoms. The molecule has 1 fully saturated rings. The number of likely N-dealkylation sites (tertiary alicyclic amines) is 1. The number of urea groups is 1. The minimum Gasteiger partial charge on any atom is -0.351 e. The summed E-state index contributed by atoms with van der Waals surface area (Å²) in [5, 5.41) is 8.44. The fourth-order valence-electron chi connectivity index (χ4n) is 2.86. The molecule has 1 aliphatic heterocycles. The van der Waals surface area contributed by atoms with Crippen LogP contribution in [-0.2, 0) is 16.0 Å². The smallest absolute Gasteiger partial charge is 0.317 e. The molecule has 1 atom stereocenters. The Morgan fingerprint density at radius 2 is 2.08 bits per heavy atom. The maximum absolute atomic E-state index is 12.5. The van der Waals surface area contributed by atoms with Crippen molar-refractivity contribution >= 4 is 17.8 Å². The fraction of sp³-hybridized carbons (Fsp3) is 0.625. The Kier molecular flexibility index (Phi) is 6.79. The number of carbonyl (C=O) groups excluding carboxylic acids is 3. The van der Waals surface area contributed by atoms with Crippen molar-refractivity contribution in [3.05, 3.63) is 18.2 Å². The molecule has 9 nitrogen and oxygen atoms in total. The first-order valence-corrected chi connectivity index (χ1v) is 8.57. The summed E-state index contributed by atoms with van der Waals surface area (Å²) in [6.07, 6.45) is 4.91. The molecule has 1 aliphatic rings. The Morgan fingerprint density at radius 3 is 2.64 bits per heavy atom. The summed E-state index contributed by atoms with van der Waals surface area (Å²) in [6.45, 7) is 5.07. The van der Waals surface area contributed by atoms with E-state index >= 15 is 0 Å². The van der Waals surface area contributed by atoms with Gasteiger partial charge in [-0.25, -0.2) is 9.78 Å². The average Bonchev–Trinajstić information content (AvgIpc) is 3.08. The number of hydrogen-bond acceptors (Lipinski definition) is 4. The quantitative estimate of drug-likeness (QED) is 0.566. The first kappa shape index (κ1) is 18.8. The highest BCUT2D eigenvalue weighted by molar-refractivity contribution is 5.87. The zero-order chi connectivity index (χ0) is 18.2. The minimum absolute atomic E-state index is 0.00352. The molecule has 1 aromatic heterocycles. The second kappa shape index (κ2) is 9.05. The third kappa shape index (κ3) is 5.77. The van der Waals surface area contributed by atoms with Gasteiger partial charge in [-0.05, 0) is 19.8 Å². The van der Waals surface area contributed by atoms with Gasteiger partial charge in [0, 0.05) is 50.9 Å². The van der Waals surface area contributed by atoms with Gasteiger partial charge in [-0.15, -0.1) is 0 Å². The normalized spacial score (nSPS) is 16.2. The molecule has 0 spiro atoms. The van der Waals surface area contributed by atoms with E-state index in [0.717, 1.165) is 5.69 Å². The number of H-pyrrole nitrogens is 1. The second-order valence-electron chi connectivity index (χ2n) is 6.14. The molecule has 4 amide bonds. The molecule has 0 radical (unpaired) electrons. The number of amides is 4. The number of nitrogens with one attached hydrogen (secondary N) is 4. The lowest BCUT2D eigenvalue weighted by Crippen LogP contribution is -2.54. The van der Waals surface area contributed by atoms with E-state index in [1.807, 2.05) is 6.92 Å². The highest BCUT2D eigenvalue weighted by atomic mass is 16.2. The Balaban J connectivity index is 1.86. The fourth-order valence-corrected chi connectivity index (χ4v) is 2.86. The van der Waals surface area contributed by atoms with Crippen molar-refractivity contribution in [2.24, 2.45) is 0 Å². The Bertz CT molecular complexity index is 581. The van der Waals surface area contributed by atoms with E-state index in [1.165, 1.54) is 13.3 Å². The maximum atomic E-state index is 12.5. The van der Waals surface area contributed by atoms with Gasteiger partial charge in [0.15, 0.2) is 0 Å². The standard InChI is InChI=1S/C16H26N6O3/c1-3-18-16(25)22-6-4-12(5-7-22)21-15(24)14(20-11(2)23)8-13-9-17-10-19-13/h9-10,12,14H,3-8H2,1-2H3,(H,17,19)(H,18,25)(H,20,23)(H,21,24)/t14-/m0/s1. The van der Waals surface area contributed by atoms with Gasteiger partial charge in [-0.3, -0.25) is 9.59 Å². The summed E-state index contributed by atoms with van der Waals surface area (Å²) in [6, 6.07) is -0.724. The number of piperidine rings is 1. The molecule has 0 saturated carbocycles. The number of hydrogen-bond donors (Lipinski definition) is 4. The zero-order valence-electron chi connectivity index (χ0n) is 14.7. The monoisotopic (exact) mass is 350 g/mol. The highest BCUT2D eigenvalue weighted by Gasteiger charge is 2.27. The van der Waals surface area contributed by atoms with E-state index in [1.54, 1.807) is 11.1 Å². The summed E-state index contributed by atoms with van der Waals surface area (Å²) < 4.78 is 0. The molecule has 138 valence electrons. The second-order valence-corrected chi connectivity index (χ2v) is 6.14. The molecular formula is C16H26N6O3. The lowest BCUT2D eigenvalue weighted by atomic mass is 10.0. The Hall–Kier alpha value is -2.58. The van der Waals surface area contributed by atoms with E-state index in [2.05, 4.69) is 25.9 Å². The van der Waals surface area contributed by atoms with Gasteiger partial charge in [0.25, 0.3) is 0 Å². The molecule has 1 saturated heterocycles. The predicted molar refractivity (Wildman–Crippen MR) is 91.7 cm³/mol. The van der Waals surface area contributed by atoms with E-state index < -0.39 is 6.04 Å². The highest BCUT2D eigenvalue weighted by Crippen LogP contribution is 2.11. The lowest BCUT2D eigenvalue weighted by Gasteiger charge is -2.33. The number of aromatic amines is 1. The van der Waals surface area contributed by atoms with Gasteiger partial charge in [0.1, 0.15) is 6.04 Å². The van der Waals surface area contributed by atoms with Crippen LogP contribution in [0.15, 0.2) is 12.5 Å². The van der Waals surface area contributed by atoms with Gasteiger partial charge in [-0.2, -0.15) is 0 Å². The van der Waals surface area contributed by atoms with Crippen LogP contribution >= 0.6 is 0 Å². The van der Waals surface area contributed by atoms with E-state index in [4.69, 9.17) is 0 Å². The van der Waals surface area contributed by atoms with Gasteiger partial charge >= 0.3 is 6.03 Å². The van der Waals surface area contributed by atoms with Crippen LogP contribution in [0.4, 0.5) is 4.79 Å². The molecule has 0 unspecified atom stereocenters. The molecule has 1 aromatic rings. The molecule has 25 heavy (non-hydrogen) atoms. The van der Waals surface area contributed by atoms with Crippen molar-refractivity contribution in [1.82, 2.24) is 30.8 Å². The number of imidazole rings is 1. The van der Waals surface area contributed by atoms with Crippen molar-refractivity contribution in [2.75, 3.05) is 19.6 Å². The van der Waals surface area contributed by atoms with Crippen LogP contribution in [0.5, 0.6) is 0 Å². The summed E-state index contributed by atoms with van der Waals surface area (Å²) in [5.74, 6) is -0.480. The molecule has 0 bridgehead atoms. The summed E-state index contributed by atoms with van der Waals surface area (Å²) >= 11 is 0. The van der Waals surface area contributed by atoms with Crippen LogP contribution in [-0.4, -0.2) is 64.4 Å². The lowest BCUT2D eigenvalue weighted by molar-refractivity contribution is -0.128. The predicted octanol–water partition coefficient (Wildman–Crippen LogP) is -0.233. The van der Waals surface area contributed by atoms with Crippen molar-refractivity contribution in [3.63, 3.8) is 0 Å². The number of rotatable bonds is 6. The maximum Gasteiger partial charge on any atom is 0.317 e. The van der Waals surface area contributed by atoms with Crippen LogP contribution in [0.3, 0.4) is 0 Å². The first-order valence-electron chi connectivity index (χ1n) is 8.57. The molecule has 0 aliphatic carbocycles. The third-order valence-corrected chi connectivity index (χ3v) is 4.13. The first-order chi connectivity index (χ1) is 12.0. The molecule has 2 heterocycles. The van der Waals surface area contributed by atoms with Crippen LogP contribution in [0.2, 0.25) is 0 Å². The van der Waals surface area contributed by atoms with Gasteiger partial charge in [0.2, 0.25) is 11.8 Å². The van der Waals surface area contributed by atoms with Crippen LogP contribution in [0.1, 0.15) is 32.4 Å². The van der Waals surface area contributed by atoms with Crippen molar-refractivity contribution in [2.45, 2.75) is 45.2 Å². The van der Waals surface area contributed by atoms with Crippen molar-refractivity contribution < 1.29 is 14.4 Å². The van der Waals surface area contributed by atoms with E-state index in [-0.39, 0.29) is 23.9 Å². The van der Waals surface area contributed by atoms with E-state index in [0.29, 0.717) is 38.9 Å². The molecule has 2 rings (SSSR count). The van der Waals surface area contributed by atoms with Crippen LogP contribution < -0.4 is 16.0 Å². The van der Waals surface area contributed by atoms with Gasteiger partial charge in [-0.1, -0.05) is 0 Å². The summed E-state index contributed by atoms with van der Waals surface area (Å²) in [5.41, 5.74) is 0.778. The SMILES string of the molecule is CCNC(=O)N1CCC(NC(=O)[C@H](Cc2cnc[nH]2)NC(C)=O)CC1. The average molecular weight is 350 g/mol. The largest absolute Gasteiger partial charge is 0.351 e. The van der Waals surface area contributed by atoms with Crippen LogP contribution in [0, 0.1) is 0 Å². The van der Waals surface area contributed by atoms with Gasteiger partial charge in [0.05, 0.1) is 6.33 Å². The van der Waals surface area contributed by atoms with Crippen LogP contribution in [0.25, 0.3) is 0 Å². The van der Waals surface area contributed by atoms with Crippen molar-refractivity contribution in [3.8, 4) is 0 Å². The number of carbonyl (C=O) groups is 3.